The maximum absolute atomic E-state index is 12.7. The van der Waals surface area contributed by atoms with Gasteiger partial charge in [0.25, 0.3) is 11.2 Å². The zero-order valence-electron chi connectivity index (χ0n) is 15.6. The van der Waals surface area contributed by atoms with E-state index in [4.69, 9.17) is 4.74 Å². The molecule has 30 heavy (non-hydrogen) atoms. The van der Waals surface area contributed by atoms with E-state index < -0.39 is 16.6 Å². The van der Waals surface area contributed by atoms with Crippen molar-refractivity contribution in [3.8, 4) is 11.4 Å². The number of nitro benzene ring substituents is 1. The Morgan fingerprint density at radius 3 is 2.50 bits per heavy atom. The lowest BCUT2D eigenvalue weighted by molar-refractivity contribution is -0.384. The summed E-state index contributed by atoms with van der Waals surface area (Å²) in [5.41, 5.74) is 0.223. The average molecular weight is 408 g/mol. The van der Waals surface area contributed by atoms with Crippen molar-refractivity contribution in [1.29, 1.82) is 0 Å². The van der Waals surface area contributed by atoms with Crippen LogP contribution in [0.2, 0.25) is 0 Å². The third-order valence-corrected chi connectivity index (χ3v) is 4.09. The van der Waals surface area contributed by atoms with E-state index in [0.717, 1.165) is 16.3 Å². The van der Waals surface area contributed by atoms with Crippen LogP contribution in [0.4, 0.5) is 16.2 Å². The predicted molar refractivity (Wildman–Crippen MR) is 107 cm³/mol. The molecular weight excluding hydrogens is 392 g/mol. The number of carbonyl (C=O) groups excluding carboxylic acids is 2. The van der Waals surface area contributed by atoms with Gasteiger partial charge in [0.15, 0.2) is 0 Å². The second kappa shape index (κ2) is 9.24. The van der Waals surface area contributed by atoms with E-state index in [1.807, 2.05) is 6.07 Å². The number of rotatable bonds is 7. The molecule has 0 saturated heterocycles. The molecule has 0 unspecified atom stereocenters. The minimum absolute atomic E-state index is 0.0174. The summed E-state index contributed by atoms with van der Waals surface area (Å²) >= 11 is 0. The van der Waals surface area contributed by atoms with Crippen LogP contribution < -0.4 is 10.9 Å². The summed E-state index contributed by atoms with van der Waals surface area (Å²) in [6.45, 7) is -0.295. The van der Waals surface area contributed by atoms with E-state index in [9.17, 15) is 24.5 Å². The summed E-state index contributed by atoms with van der Waals surface area (Å²) in [4.78, 5) is 50.2. The lowest BCUT2D eigenvalue weighted by Gasteiger charge is -2.12. The molecule has 1 heterocycles. The second-order valence-electron chi connectivity index (χ2n) is 6.07. The van der Waals surface area contributed by atoms with Crippen molar-refractivity contribution in [3.05, 3.63) is 86.8 Å². The summed E-state index contributed by atoms with van der Waals surface area (Å²) in [6, 6.07) is 14.4. The molecule has 10 nitrogen and oxygen atoms in total. The largest absolute Gasteiger partial charge is 0.444 e. The number of aromatic nitrogens is 2. The number of carbonyl (C=O) groups is 2. The first-order valence-corrected chi connectivity index (χ1v) is 8.75. The highest BCUT2D eigenvalue weighted by molar-refractivity contribution is 5.84. The van der Waals surface area contributed by atoms with Gasteiger partial charge in [-0.1, -0.05) is 30.3 Å². The smallest absolute Gasteiger partial charge is 0.412 e. The minimum Gasteiger partial charge on any atom is -0.444 e. The fraction of sp³-hybridized carbons (Fsp3) is 0.100. The van der Waals surface area contributed by atoms with E-state index in [-0.39, 0.29) is 30.4 Å². The molecule has 1 amide bonds. The molecule has 10 heteroatoms. The summed E-state index contributed by atoms with van der Waals surface area (Å²) < 4.78 is 6.13. The number of aldehydes is 1. The van der Waals surface area contributed by atoms with Crippen molar-refractivity contribution in [3.63, 3.8) is 0 Å². The normalized spacial score (nSPS) is 10.3. The zero-order chi connectivity index (χ0) is 21.5. The van der Waals surface area contributed by atoms with E-state index in [2.05, 4.69) is 10.3 Å². The summed E-state index contributed by atoms with van der Waals surface area (Å²) in [6.07, 6.45) is 0.804. The van der Waals surface area contributed by atoms with Gasteiger partial charge in [0.1, 0.15) is 24.4 Å². The van der Waals surface area contributed by atoms with Crippen LogP contribution in [0, 0.1) is 10.1 Å². The number of benzene rings is 2. The zero-order valence-corrected chi connectivity index (χ0v) is 15.6. The first kappa shape index (κ1) is 20.4. The molecule has 1 aromatic heterocycles. The minimum atomic E-state index is -0.849. The van der Waals surface area contributed by atoms with Gasteiger partial charge in [-0.05, 0) is 17.7 Å². The van der Waals surface area contributed by atoms with Crippen LogP contribution in [0.25, 0.3) is 11.4 Å². The number of ether oxygens (including phenoxy) is 1. The molecule has 0 fully saturated rings. The van der Waals surface area contributed by atoms with Crippen LogP contribution in [0.5, 0.6) is 0 Å². The van der Waals surface area contributed by atoms with Crippen molar-refractivity contribution >= 4 is 23.8 Å². The molecule has 0 aliphatic rings. The lowest BCUT2D eigenvalue weighted by atomic mass is 10.2. The topological polar surface area (TPSA) is 133 Å². The molecule has 152 valence electrons. The SMILES string of the molecule is O=CCn1c(-c2ccc([N+](=O)[O-])cc2)ncc(NC(=O)OCc2ccccc2)c1=O. The lowest BCUT2D eigenvalue weighted by Crippen LogP contribution is -2.28. The van der Waals surface area contributed by atoms with Crippen molar-refractivity contribution in [1.82, 2.24) is 9.55 Å². The van der Waals surface area contributed by atoms with Crippen LogP contribution in [0.15, 0.2) is 65.6 Å². The van der Waals surface area contributed by atoms with Gasteiger partial charge < -0.3 is 9.53 Å². The number of nitrogens with one attached hydrogen (secondary N) is 1. The Kier molecular flexibility index (Phi) is 6.28. The monoisotopic (exact) mass is 408 g/mol. The number of amides is 1. The number of non-ortho nitro benzene ring substituents is 1. The van der Waals surface area contributed by atoms with Crippen molar-refractivity contribution in [2.45, 2.75) is 13.2 Å². The van der Waals surface area contributed by atoms with Gasteiger partial charge >= 0.3 is 6.09 Å². The van der Waals surface area contributed by atoms with E-state index in [1.54, 1.807) is 24.3 Å². The number of nitro groups is 1. The molecule has 0 spiro atoms. The quantitative estimate of drug-likeness (QED) is 0.361. The third kappa shape index (κ3) is 4.73. The van der Waals surface area contributed by atoms with Crippen molar-refractivity contribution in [2.75, 3.05) is 5.32 Å². The maximum atomic E-state index is 12.7. The summed E-state index contributed by atoms with van der Waals surface area (Å²) in [5.74, 6) is 0.130. The molecule has 0 saturated carbocycles. The van der Waals surface area contributed by atoms with Crippen LogP contribution in [-0.4, -0.2) is 26.9 Å². The highest BCUT2D eigenvalue weighted by atomic mass is 16.6. The average Bonchev–Trinajstić information content (AvgIpc) is 2.76. The number of hydrogen-bond acceptors (Lipinski definition) is 7. The first-order valence-electron chi connectivity index (χ1n) is 8.75. The molecule has 3 aromatic rings. The van der Waals surface area contributed by atoms with Crippen molar-refractivity contribution in [2.24, 2.45) is 0 Å². The molecule has 0 aliphatic carbocycles. The van der Waals surface area contributed by atoms with Gasteiger partial charge in [0.05, 0.1) is 17.7 Å². The fourth-order valence-electron chi connectivity index (χ4n) is 2.65. The predicted octanol–water partition coefficient (Wildman–Crippen LogP) is 2.77. The van der Waals surface area contributed by atoms with E-state index in [1.165, 1.54) is 24.3 Å². The summed E-state index contributed by atoms with van der Waals surface area (Å²) in [5, 5.41) is 13.1. The van der Waals surface area contributed by atoms with Gasteiger partial charge in [-0.3, -0.25) is 24.8 Å². The Hall–Kier alpha value is -4.34. The van der Waals surface area contributed by atoms with E-state index >= 15 is 0 Å². The highest BCUT2D eigenvalue weighted by Crippen LogP contribution is 2.20. The molecule has 0 bridgehead atoms. The number of nitrogens with zero attached hydrogens (tertiary/aromatic N) is 3. The fourth-order valence-corrected chi connectivity index (χ4v) is 2.65. The number of hydrogen-bond donors (Lipinski definition) is 1. The summed E-state index contributed by atoms with van der Waals surface area (Å²) in [7, 11) is 0. The Balaban J connectivity index is 1.82. The highest BCUT2D eigenvalue weighted by Gasteiger charge is 2.15. The number of anilines is 1. The van der Waals surface area contributed by atoms with Gasteiger partial charge in [-0.15, -0.1) is 0 Å². The van der Waals surface area contributed by atoms with Gasteiger partial charge in [-0.2, -0.15) is 0 Å². The Morgan fingerprint density at radius 1 is 1.17 bits per heavy atom. The van der Waals surface area contributed by atoms with E-state index in [0.29, 0.717) is 11.8 Å². The molecule has 0 atom stereocenters. The molecule has 0 aliphatic heterocycles. The van der Waals surface area contributed by atoms with Crippen molar-refractivity contribution < 1.29 is 19.2 Å². The Bertz CT molecular complexity index is 1130. The molecule has 2 aromatic carbocycles. The molecule has 1 N–H and O–H groups in total. The van der Waals surface area contributed by atoms with Gasteiger partial charge in [-0.25, -0.2) is 9.78 Å². The third-order valence-electron chi connectivity index (χ3n) is 4.09. The van der Waals surface area contributed by atoms with Gasteiger partial charge in [0, 0.05) is 17.7 Å². The van der Waals surface area contributed by atoms with Crippen LogP contribution in [0.3, 0.4) is 0 Å². The Morgan fingerprint density at radius 2 is 1.87 bits per heavy atom. The first-order chi connectivity index (χ1) is 14.5. The van der Waals surface area contributed by atoms with Crippen LogP contribution in [-0.2, 0) is 22.7 Å². The van der Waals surface area contributed by atoms with Crippen LogP contribution >= 0.6 is 0 Å². The van der Waals surface area contributed by atoms with Gasteiger partial charge in [0.2, 0.25) is 0 Å². The van der Waals surface area contributed by atoms with Crippen LogP contribution in [0.1, 0.15) is 5.56 Å². The molecule has 3 rings (SSSR count). The molecular formula is C20H16N4O6. The standard InChI is InChI=1S/C20H16N4O6/c25-11-10-23-18(15-6-8-16(9-7-15)24(28)29)21-12-17(19(23)26)22-20(27)30-13-14-4-2-1-3-5-14/h1-9,11-12H,10,13H2,(H,22,27). The molecule has 0 radical (unpaired) electrons. The maximum Gasteiger partial charge on any atom is 0.412 e. The second-order valence-corrected chi connectivity index (χ2v) is 6.07. The Labute approximate surface area is 169 Å².